The fraction of sp³-hybridized carbons (Fsp3) is 0.150. The molecule has 3 heterocycles. The van der Waals surface area contributed by atoms with Crippen LogP contribution < -0.4 is 5.32 Å². The van der Waals surface area contributed by atoms with Gasteiger partial charge in [-0.2, -0.15) is 0 Å². The van der Waals surface area contributed by atoms with E-state index in [1.807, 2.05) is 23.6 Å². The maximum Gasteiger partial charge on any atom is 0.268 e. The largest absolute Gasteiger partial charge is 0.467 e. The van der Waals surface area contributed by atoms with Crippen LogP contribution in [0.1, 0.15) is 27.6 Å². The number of furan rings is 2. The Hall–Kier alpha value is -3.28. The summed E-state index contributed by atoms with van der Waals surface area (Å²) in [6, 6.07) is 13.5. The molecule has 1 amide bonds. The van der Waals surface area contributed by atoms with Crippen LogP contribution in [0.3, 0.4) is 0 Å². The second-order valence-electron chi connectivity index (χ2n) is 6.11. The van der Waals surface area contributed by atoms with E-state index in [9.17, 15) is 9.18 Å². The van der Waals surface area contributed by atoms with Crippen molar-refractivity contribution in [3.8, 4) is 0 Å². The zero-order chi connectivity index (χ0) is 18.1. The summed E-state index contributed by atoms with van der Waals surface area (Å²) in [5.74, 6) is 0.867. The van der Waals surface area contributed by atoms with E-state index in [2.05, 4.69) is 5.32 Å². The maximum absolute atomic E-state index is 13.5. The van der Waals surface area contributed by atoms with Crippen molar-refractivity contribution in [1.29, 1.82) is 0 Å². The van der Waals surface area contributed by atoms with Gasteiger partial charge in [0.15, 0.2) is 5.58 Å². The smallest absolute Gasteiger partial charge is 0.268 e. The third-order valence-electron chi connectivity index (χ3n) is 4.18. The fourth-order valence-electron chi connectivity index (χ4n) is 3.01. The minimum absolute atomic E-state index is 0.248. The Balaban J connectivity index is 1.67. The predicted molar refractivity (Wildman–Crippen MR) is 94.3 cm³/mol. The van der Waals surface area contributed by atoms with Gasteiger partial charge in [0, 0.05) is 18.7 Å². The number of hydrogen-bond acceptors (Lipinski definition) is 3. The molecule has 0 atom stereocenters. The molecule has 0 spiro atoms. The molecule has 1 aromatic carbocycles. The summed E-state index contributed by atoms with van der Waals surface area (Å²) in [4.78, 5) is 12.7. The molecular formula is C20H17FN2O3. The molecule has 0 unspecified atom stereocenters. The molecule has 1 N–H and O–H groups in total. The molecule has 26 heavy (non-hydrogen) atoms. The fourth-order valence-corrected chi connectivity index (χ4v) is 3.01. The highest BCUT2D eigenvalue weighted by atomic mass is 19.1. The van der Waals surface area contributed by atoms with Gasteiger partial charge in [0.05, 0.1) is 18.3 Å². The van der Waals surface area contributed by atoms with Gasteiger partial charge in [-0.25, -0.2) is 4.39 Å². The van der Waals surface area contributed by atoms with E-state index in [4.69, 9.17) is 8.83 Å². The van der Waals surface area contributed by atoms with Crippen LogP contribution in [-0.4, -0.2) is 10.5 Å². The highest BCUT2D eigenvalue weighted by Crippen LogP contribution is 2.25. The second kappa shape index (κ2) is 6.55. The molecule has 0 aliphatic heterocycles. The van der Waals surface area contributed by atoms with E-state index >= 15 is 0 Å². The molecule has 5 nitrogen and oxygen atoms in total. The van der Waals surface area contributed by atoms with Gasteiger partial charge >= 0.3 is 0 Å². The number of halogens is 1. The summed E-state index contributed by atoms with van der Waals surface area (Å²) < 4.78 is 26.3. The number of amides is 1. The van der Waals surface area contributed by atoms with Gasteiger partial charge in [-0.05, 0) is 36.8 Å². The van der Waals surface area contributed by atoms with Gasteiger partial charge in [-0.15, -0.1) is 0 Å². The highest BCUT2D eigenvalue weighted by Gasteiger charge is 2.19. The number of carbonyl (C=O) groups is 1. The summed E-state index contributed by atoms with van der Waals surface area (Å²) in [5.41, 5.74) is 2.65. The zero-order valence-electron chi connectivity index (χ0n) is 14.2. The van der Waals surface area contributed by atoms with Crippen molar-refractivity contribution >= 4 is 17.0 Å². The summed E-state index contributed by atoms with van der Waals surface area (Å²) in [5, 5.41) is 2.84. The van der Waals surface area contributed by atoms with Gasteiger partial charge in [0.25, 0.3) is 5.91 Å². The van der Waals surface area contributed by atoms with Gasteiger partial charge in [0.2, 0.25) is 0 Å². The molecule has 0 aliphatic rings. The third kappa shape index (κ3) is 3.13. The molecule has 0 saturated heterocycles. The number of aromatic nitrogens is 1. The molecule has 4 aromatic rings. The summed E-state index contributed by atoms with van der Waals surface area (Å²) in [7, 11) is 0. The first-order chi connectivity index (χ1) is 12.6. The minimum Gasteiger partial charge on any atom is -0.467 e. The lowest BCUT2D eigenvalue weighted by molar-refractivity contribution is 0.0939. The van der Waals surface area contributed by atoms with Crippen molar-refractivity contribution in [2.24, 2.45) is 0 Å². The van der Waals surface area contributed by atoms with Gasteiger partial charge in [-0.1, -0.05) is 12.1 Å². The minimum atomic E-state index is -0.307. The lowest BCUT2D eigenvalue weighted by atomic mass is 10.2. The van der Waals surface area contributed by atoms with Crippen molar-refractivity contribution in [3.63, 3.8) is 0 Å². The van der Waals surface area contributed by atoms with Crippen molar-refractivity contribution in [2.75, 3.05) is 0 Å². The standard InChI is InChI=1S/C20H17FN2O3/c1-13-8-17-19(26-13)10-18(20(24)22-11-16-6-3-7-25-16)23(17)12-14-4-2-5-15(21)9-14/h2-10H,11-12H2,1H3,(H,22,24). The molecule has 0 aliphatic carbocycles. The van der Waals surface area contributed by atoms with E-state index in [1.165, 1.54) is 12.1 Å². The first-order valence-electron chi connectivity index (χ1n) is 8.25. The van der Waals surface area contributed by atoms with Crippen LogP contribution in [0.4, 0.5) is 4.39 Å². The zero-order valence-corrected chi connectivity index (χ0v) is 14.2. The Labute approximate surface area is 149 Å². The van der Waals surface area contributed by atoms with Crippen LogP contribution in [0, 0.1) is 12.7 Å². The summed E-state index contributed by atoms with van der Waals surface area (Å²) in [6.07, 6.45) is 1.56. The van der Waals surface area contributed by atoms with E-state index < -0.39 is 0 Å². The lowest BCUT2D eigenvalue weighted by Gasteiger charge is -2.10. The van der Waals surface area contributed by atoms with Gasteiger partial charge < -0.3 is 18.7 Å². The molecular weight excluding hydrogens is 335 g/mol. The van der Waals surface area contributed by atoms with Crippen LogP contribution in [-0.2, 0) is 13.1 Å². The Morgan fingerprint density at radius 2 is 2.08 bits per heavy atom. The van der Waals surface area contributed by atoms with Crippen molar-refractivity contribution in [2.45, 2.75) is 20.0 Å². The van der Waals surface area contributed by atoms with Crippen LogP contribution in [0.5, 0.6) is 0 Å². The van der Waals surface area contributed by atoms with Crippen LogP contribution >= 0.6 is 0 Å². The van der Waals surface area contributed by atoms with Crippen LogP contribution in [0.2, 0.25) is 0 Å². The molecule has 132 valence electrons. The van der Waals surface area contributed by atoms with Crippen LogP contribution in [0.25, 0.3) is 11.1 Å². The summed E-state index contributed by atoms with van der Waals surface area (Å²) >= 11 is 0. The molecule has 3 aromatic heterocycles. The van der Waals surface area contributed by atoms with E-state index in [1.54, 1.807) is 30.5 Å². The summed E-state index contributed by atoms with van der Waals surface area (Å²) in [6.45, 7) is 2.50. The average Bonchev–Trinajstić information content (AvgIpc) is 3.31. The van der Waals surface area contributed by atoms with E-state index in [0.717, 1.165) is 16.8 Å². The van der Waals surface area contributed by atoms with Crippen molar-refractivity contribution in [3.05, 3.63) is 83.4 Å². The highest BCUT2D eigenvalue weighted by molar-refractivity contribution is 5.97. The Bertz CT molecular complexity index is 1060. The topological polar surface area (TPSA) is 60.3 Å². The number of nitrogens with zero attached hydrogens (tertiary/aromatic N) is 1. The second-order valence-corrected chi connectivity index (χ2v) is 6.11. The Morgan fingerprint density at radius 1 is 1.19 bits per heavy atom. The Morgan fingerprint density at radius 3 is 2.85 bits per heavy atom. The monoisotopic (exact) mass is 352 g/mol. The van der Waals surface area contributed by atoms with Gasteiger partial charge in [0.1, 0.15) is 23.0 Å². The van der Waals surface area contributed by atoms with Crippen molar-refractivity contribution in [1.82, 2.24) is 9.88 Å². The first-order valence-corrected chi connectivity index (χ1v) is 8.25. The molecule has 0 fully saturated rings. The predicted octanol–water partition coefficient (Wildman–Crippen LogP) is 4.25. The number of fused-ring (bicyclic) bond motifs is 1. The number of hydrogen-bond donors (Lipinski definition) is 1. The molecule has 0 saturated carbocycles. The lowest BCUT2D eigenvalue weighted by Crippen LogP contribution is -2.25. The van der Waals surface area contributed by atoms with Crippen molar-refractivity contribution < 1.29 is 18.0 Å². The van der Waals surface area contributed by atoms with E-state index in [-0.39, 0.29) is 18.3 Å². The van der Waals surface area contributed by atoms with Gasteiger partial charge in [-0.3, -0.25) is 4.79 Å². The number of nitrogens with one attached hydrogen (secondary N) is 1. The number of carbonyl (C=O) groups excluding carboxylic acids is 1. The molecule has 6 heteroatoms. The van der Waals surface area contributed by atoms with E-state index in [0.29, 0.717) is 23.6 Å². The molecule has 4 rings (SSSR count). The number of rotatable bonds is 5. The number of benzene rings is 1. The SMILES string of the molecule is Cc1cc2c(cc(C(=O)NCc3ccco3)n2Cc2cccc(F)c2)o1. The maximum atomic E-state index is 13.5. The first kappa shape index (κ1) is 16.2. The molecule has 0 radical (unpaired) electrons. The normalized spacial score (nSPS) is 11.2. The quantitative estimate of drug-likeness (QED) is 0.584. The average molecular weight is 352 g/mol. The molecule has 0 bridgehead atoms. The third-order valence-corrected chi connectivity index (χ3v) is 4.18. The number of aryl methyl sites for hydroxylation is 1. The van der Waals surface area contributed by atoms with Crippen LogP contribution in [0.15, 0.2) is 63.6 Å². The Kier molecular flexibility index (Phi) is 4.08.